The van der Waals surface area contributed by atoms with Crippen LogP contribution in [0.3, 0.4) is 0 Å². The minimum Gasteiger partial charge on any atom is -0.367 e. The Hall–Kier alpha value is -3.33. The maximum Gasteiger partial charge on any atom is 0.257 e. The molecule has 1 aliphatic heterocycles. The summed E-state index contributed by atoms with van der Waals surface area (Å²) in [4.78, 5) is 27.9. The number of piperazine rings is 1. The lowest BCUT2D eigenvalue weighted by Crippen LogP contribution is -2.44. The van der Waals surface area contributed by atoms with E-state index >= 15 is 4.39 Å². The lowest BCUT2D eigenvalue weighted by Gasteiger charge is -2.30. The molecule has 2 aromatic carbocycles. The normalized spacial score (nSPS) is 16.3. The smallest absolute Gasteiger partial charge is 0.257 e. The maximum atomic E-state index is 15.0. The number of amides is 1. The van der Waals surface area contributed by atoms with E-state index in [4.69, 9.17) is 0 Å². The number of aromatic nitrogens is 1. The fourth-order valence-electron chi connectivity index (χ4n) is 4.31. The second-order valence-electron chi connectivity index (χ2n) is 8.53. The van der Waals surface area contributed by atoms with Gasteiger partial charge in [-0.3, -0.25) is 9.59 Å². The van der Waals surface area contributed by atoms with Crippen molar-refractivity contribution in [1.29, 1.82) is 0 Å². The molecule has 1 aromatic heterocycles. The molecule has 2 heterocycles. The first-order valence-electron chi connectivity index (χ1n) is 11.0. The summed E-state index contributed by atoms with van der Waals surface area (Å²) < 4.78 is 43.7. The number of rotatable bonds is 5. The number of halogens is 3. The van der Waals surface area contributed by atoms with Crippen molar-refractivity contribution in [1.82, 2.24) is 15.2 Å². The minimum absolute atomic E-state index is 0.124. The lowest BCUT2D eigenvalue weighted by atomic mass is 10.1. The molecule has 5 rings (SSSR count). The third kappa shape index (κ3) is 4.32. The lowest BCUT2D eigenvalue weighted by molar-refractivity contribution is 0.0949. The summed E-state index contributed by atoms with van der Waals surface area (Å²) in [5.41, 5.74) is 0.580. The first-order chi connectivity index (χ1) is 15.9. The number of benzene rings is 2. The number of pyridine rings is 1. The van der Waals surface area contributed by atoms with Crippen molar-refractivity contribution in [2.75, 3.05) is 31.1 Å². The van der Waals surface area contributed by atoms with Gasteiger partial charge in [0.1, 0.15) is 23.0 Å². The summed E-state index contributed by atoms with van der Waals surface area (Å²) in [6.45, 7) is 2.68. The van der Waals surface area contributed by atoms with Crippen LogP contribution < -0.4 is 21.0 Å². The van der Waals surface area contributed by atoms with E-state index in [9.17, 15) is 18.4 Å². The molecular formula is C24H23F3N4O2. The Labute approximate surface area is 188 Å². The van der Waals surface area contributed by atoms with E-state index in [0.717, 1.165) is 44.1 Å². The molecule has 0 atom stereocenters. The Morgan fingerprint density at radius 2 is 1.73 bits per heavy atom. The van der Waals surface area contributed by atoms with Crippen LogP contribution in [-0.2, 0) is 6.54 Å². The summed E-state index contributed by atoms with van der Waals surface area (Å²) in [5.74, 6) is -2.68. The Morgan fingerprint density at radius 3 is 2.39 bits per heavy atom. The van der Waals surface area contributed by atoms with Gasteiger partial charge in [0.05, 0.1) is 11.2 Å². The number of carbonyl (C=O) groups is 1. The van der Waals surface area contributed by atoms with Crippen LogP contribution in [0.15, 0.2) is 41.3 Å². The van der Waals surface area contributed by atoms with E-state index in [-0.39, 0.29) is 29.1 Å². The number of fused-ring (bicyclic) bond motifs is 1. The van der Waals surface area contributed by atoms with E-state index in [1.165, 1.54) is 12.3 Å². The van der Waals surface area contributed by atoms with Crippen LogP contribution in [0.2, 0.25) is 0 Å². The van der Waals surface area contributed by atoms with Crippen LogP contribution in [0.4, 0.5) is 18.9 Å². The van der Waals surface area contributed by atoms with Crippen molar-refractivity contribution in [3.8, 4) is 0 Å². The van der Waals surface area contributed by atoms with Gasteiger partial charge < -0.3 is 20.1 Å². The van der Waals surface area contributed by atoms with Crippen molar-refractivity contribution in [3.63, 3.8) is 0 Å². The summed E-state index contributed by atoms with van der Waals surface area (Å²) in [7, 11) is 0. The van der Waals surface area contributed by atoms with E-state index in [2.05, 4.69) is 10.6 Å². The van der Waals surface area contributed by atoms with Crippen LogP contribution in [-0.4, -0.2) is 36.7 Å². The van der Waals surface area contributed by atoms with Gasteiger partial charge in [-0.25, -0.2) is 13.2 Å². The van der Waals surface area contributed by atoms with Crippen molar-refractivity contribution in [2.45, 2.75) is 25.4 Å². The molecule has 0 bridgehead atoms. The molecule has 2 aliphatic rings. The molecule has 1 saturated heterocycles. The second-order valence-corrected chi connectivity index (χ2v) is 8.53. The predicted octanol–water partition coefficient (Wildman–Crippen LogP) is 3.09. The molecule has 9 heteroatoms. The largest absolute Gasteiger partial charge is 0.367 e. The molecule has 1 amide bonds. The Bertz CT molecular complexity index is 1280. The first kappa shape index (κ1) is 21.5. The van der Waals surface area contributed by atoms with Crippen molar-refractivity contribution < 1.29 is 18.0 Å². The number of anilines is 1. The average molecular weight is 456 g/mol. The van der Waals surface area contributed by atoms with Gasteiger partial charge >= 0.3 is 0 Å². The highest BCUT2D eigenvalue weighted by Crippen LogP contribution is 2.38. The number of nitrogens with one attached hydrogen (secondary N) is 2. The highest BCUT2D eigenvalue weighted by atomic mass is 19.1. The highest BCUT2D eigenvalue weighted by molar-refractivity contribution is 5.98. The molecule has 0 radical (unpaired) electrons. The third-order valence-electron chi connectivity index (χ3n) is 6.12. The molecule has 1 saturated carbocycles. The molecular weight excluding hydrogens is 433 g/mol. The standard InChI is InChI=1S/C24H23F3N4O2/c25-15-7-14(8-16(26)9-15)12-29-24(33)19-13-31(17-1-2-17)21-11-22(30-5-3-28-4-6-30)20(27)10-18(21)23(19)32/h7-11,13,17,28H,1-6,12H2,(H,29,33). The molecule has 172 valence electrons. The topological polar surface area (TPSA) is 66.4 Å². The highest BCUT2D eigenvalue weighted by Gasteiger charge is 2.28. The molecule has 6 nitrogen and oxygen atoms in total. The predicted molar refractivity (Wildman–Crippen MR) is 119 cm³/mol. The van der Waals surface area contributed by atoms with Crippen LogP contribution >= 0.6 is 0 Å². The quantitative estimate of drug-likeness (QED) is 0.619. The number of carbonyl (C=O) groups excluding carboxylic acids is 1. The van der Waals surface area contributed by atoms with E-state index in [1.54, 1.807) is 6.07 Å². The monoisotopic (exact) mass is 456 g/mol. The van der Waals surface area contributed by atoms with Gasteiger partial charge in [-0.1, -0.05) is 0 Å². The number of hydrogen-bond donors (Lipinski definition) is 2. The van der Waals surface area contributed by atoms with Gasteiger partial charge in [-0.15, -0.1) is 0 Å². The molecule has 0 spiro atoms. The summed E-state index contributed by atoms with van der Waals surface area (Å²) in [5, 5.41) is 5.92. The number of hydrogen-bond acceptors (Lipinski definition) is 4. The van der Waals surface area contributed by atoms with Crippen molar-refractivity contribution >= 4 is 22.5 Å². The zero-order valence-corrected chi connectivity index (χ0v) is 17.8. The van der Waals surface area contributed by atoms with E-state index < -0.39 is 28.8 Å². The fourth-order valence-corrected chi connectivity index (χ4v) is 4.31. The van der Waals surface area contributed by atoms with Gasteiger partial charge in [-0.05, 0) is 42.7 Å². The second kappa shape index (κ2) is 8.55. The number of nitrogens with zero attached hydrogens (tertiary/aromatic N) is 2. The van der Waals surface area contributed by atoms with Crippen LogP contribution in [0.5, 0.6) is 0 Å². The van der Waals surface area contributed by atoms with Crippen LogP contribution in [0, 0.1) is 17.5 Å². The zero-order valence-electron chi connectivity index (χ0n) is 17.8. The van der Waals surface area contributed by atoms with Crippen molar-refractivity contribution in [3.05, 3.63) is 75.3 Å². The molecule has 0 unspecified atom stereocenters. The average Bonchev–Trinajstić information content (AvgIpc) is 3.63. The van der Waals surface area contributed by atoms with Gasteiger partial charge in [0.25, 0.3) is 5.91 Å². The first-order valence-corrected chi connectivity index (χ1v) is 11.0. The van der Waals surface area contributed by atoms with Gasteiger partial charge in [0.2, 0.25) is 5.43 Å². The van der Waals surface area contributed by atoms with Crippen LogP contribution in [0.25, 0.3) is 10.9 Å². The molecule has 33 heavy (non-hydrogen) atoms. The van der Waals surface area contributed by atoms with Gasteiger partial charge in [0.15, 0.2) is 0 Å². The fraction of sp³-hybridized carbons (Fsp3) is 0.333. The van der Waals surface area contributed by atoms with Gasteiger partial charge in [-0.2, -0.15) is 0 Å². The molecule has 2 N–H and O–H groups in total. The summed E-state index contributed by atoms with van der Waals surface area (Å²) in [6, 6.07) is 6.02. The van der Waals surface area contributed by atoms with E-state index in [1.807, 2.05) is 9.47 Å². The zero-order chi connectivity index (χ0) is 23.1. The van der Waals surface area contributed by atoms with Crippen LogP contribution in [0.1, 0.15) is 34.8 Å². The molecule has 3 aromatic rings. The van der Waals surface area contributed by atoms with Gasteiger partial charge in [0, 0.05) is 56.4 Å². The SMILES string of the molecule is O=C(NCc1cc(F)cc(F)c1)c1cn(C2CC2)c2cc(N3CCNCC3)c(F)cc2c1=O. The molecule has 2 fully saturated rings. The summed E-state index contributed by atoms with van der Waals surface area (Å²) in [6.07, 6.45) is 3.33. The Kier molecular flexibility index (Phi) is 5.57. The van der Waals surface area contributed by atoms with Crippen molar-refractivity contribution in [2.24, 2.45) is 0 Å². The Balaban J connectivity index is 1.51. The molecule has 1 aliphatic carbocycles. The third-order valence-corrected chi connectivity index (χ3v) is 6.12. The Morgan fingerprint density at radius 1 is 1.03 bits per heavy atom. The minimum atomic E-state index is -0.753. The van der Waals surface area contributed by atoms with E-state index in [0.29, 0.717) is 24.3 Å². The summed E-state index contributed by atoms with van der Waals surface area (Å²) >= 11 is 0. The maximum absolute atomic E-state index is 15.0.